The van der Waals surface area contributed by atoms with E-state index < -0.39 is 18.0 Å². The number of hydrogen-bond donors (Lipinski definition) is 1. The van der Waals surface area contributed by atoms with E-state index in [4.69, 9.17) is 14.7 Å². The third kappa shape index (κ3) is 5.36. The zero-order valence-corrected chi connectivity index (χ0v) is 16.4. The second-order valence-corrected chi connectivity index (χ2v) is 7.42. The van der Waals surface area contributed by atoms with Crippen molar-refractivity contribution in [3.05, 3.63) is 59.7 Å². The van der Waals surface area contributed by atoms with Gasteiger partial charge in [0.25, 0.3) is 0 Å². The molecule has 29 heavy (non-hydrogen) atoms. The third-order valence-corrected chi connectivity index (χ3v) is 5.19. The summed E-state index contributed by atoms with van der Waals surface area (Å²) in [5.74, 6) is -1.40. The van der Waals surface area contributed by atoms with E-state index in [-0.39, 0.29) is 23.3 Å². The molecule has 1 N–H and O–H groups in total. The molecule has 0 saturated carbocycles. The molecule has 0 radical (unpaired) electrons. The van der Waals surface area contributed by atoms with Crippen molar-refractivity contribution in [3.8, 4) is 6.07 Å². The maximum absolute atomic E-state index is 12.5. The van der Waals surface area contributed by atoms with Crippen LogP contribution in [-0.4, -0.2) is 35.8 Å². The molecule has 2 aromatic carbocycles. The van der Waals surface area contributed by atoms with Gasteiger partial charge < -0.3 is 14.8 Å². The number of thioether (sulfide) groups is 1. The SMILES string of the molecule is CC1CC(OC(=O)c2ccccc2SCC(=O)Nc2cccc(C#N)c2)C(=O)O1. The van der Waals surface area contributed by atoms with Gasteiger partial charge in [-0.2, -0.15) is 5.26 Å². The predicted octanol–water partition coefficient (Wildman–Crippen LogP) is 3.15. The molecule has 0 spiro atoms. The summed E-state index contributed by atoms with van der Waals surface area (Å²) in [7, 11) is 0. The Morgan fingerprint density at radius 2 is 2.07 bits per heavy atom. The van der Waals surface area contributed by atoms with Crippen LogP contribution in [0.5, 0.6) is 0 Å². The number of nitrogens with one attached hydrogen (secondary N) is 1. The van der Waals surface area contributed by atoms with Gasteiger partial charge in [0.1, 0.15) is 6.10 Å². The molecule has 148 valence electrons. The normalized spacial score (nSPS) is 17.9. The molecule has 1 saturated heterocycles. The van der Waals surface area contributed by atoms with E-state index in [1.807, 2.05) is 6.07 Å². The standard InChI is InChI=1S/C21H18N2O5S/c1-13-9-17(21(26)27-13)28-20(25)16-7-2-3-8-18(16)29-12-19(24)23-15-6-4-5-14(10-15)11-22/h2-8,10,13,17H,9,12H2,1H3,(H,23,24). The van der Waals surface area contributed by atoms with E-state index in [9.17, 15) is 14.4 Å². The lowest BCUT2D eigenvalue weighted by Gasteiger charge is -2.11. The largest absolute Gasteiger partial charge is 0.460 e. The van der Waals surface area contributed by atoms with Crippen LogP contribution in [0.25, 0.3) is 0 Å². The number of nitrogens with zero attached hydrogens (tertiary/aromatic N) is 1. The van der Waals surface area contributed by atoms with Gasteiger partial charge in [0.05, 0.1) is 22.9 Å². The number of nitriles is 1. The molecule has 2 unspecified atom stereocenters. The molecule has 0 aromatic heterocycles. The Labute approximate surface area is 172 Å². The van der Waals surface area contributed by atoms with Crippen molar-refractivity contribution in [2.45, 2.75) is 30.4 Å². The van der Waals surface area contributed by atoms with E-state index in [2.05, 4.69) is 5.32 Å². The van der Waals surface area contributed by atoms with E-state index >= 15 is 0 Å². The van der Waals surface area contributed by atoms with Crippen molar-refractivity contribution in [2.24, 2.45) is 0 Å². The molecular weight excluding hydrogens is 392 g/mol. The fourth-order valence-electron chi connectivity index (χ4n) is 2.78. The highest BCUT2D eigenvalue weighted by Crippen LogP contribution is 2.26. The molecule has 0 aliphatic carbocycles. The number of cyclic esters (lactones) is 1. The van der Waals surface area contributed by atoms with Crippen molar-refractivity contribution in [1.29, 1.82) is 5.26 Å². The first kappa shape index (κ1) is 20.4. The highest BCUT2D eigenvalue weighted by molar-refractivity contribution is 8.00. The van der Waals surface area contributed by atoms with Crippen molar-refractivity contribution in [3.63, 3.8) is 0 Å². The number of rotatable bonds is 6. The molecule has 8 heteroatoms. The zero-order valence-electron chi connectivity index (χ0n) is 15.6. The van der Waals surface area contributed by atoms with Crippen LogP contribution in [0.1, 0.15) is 29.3 Å². The molecule has 1 aliphatic rings. The lowest BCUT2D eigenvalue weighted by Crippen LogP contribution is -2.23. The van der Waals surface area contributed by atoms with Gasteiger partial charge in [-0.3, -0.25) is 4.79 Å². The average molecular weight is 410 g/mol. The van der Waals surface area contributed by atoms with Crippen LogP contribution >= 0.6 is 11.8 Å². The lowest BCUT2D eigenvalue weighted by atomic mass is 10.2. The molecule has 0 bridgehead atoms. The Hall–Kier alpha value is -3.31. The van der Waals surface area contributed by atoms with Crippen LogP contribution < -0.4 is 5.32 Å². The van der Waals surface area contributed by atoms with Gasteiger partial charge in [0.2, 0.25) is 12.0 Å². The summed E-state index contributed by atoms with van der Waals surface area (Å²) in [4.78, 5) is 37.0. The smallest absolute Gasteiger partial charge is 0.347 e. The number of hydrogen-bond acceptors (Lipinski definition) is 7. The highest BCUT2D eigenvalue weighted by atomic mass is 32.2. The summed E-state index contributed by atoms with van der Waals surface area (Å²) in [6, 6.07) is 15.3. The Morgan fingerprint density at radius 3 is 2.79 bits per heavy atom. The van der Waals surface area contributed by atoms with Crippen molar-refractivity contribution < 1.29 is 23.9 Å². The Kier molecular flexibility index (Phi) is 6.52. The van der Waals surface area contributed by atoms with E-state index in [0.29, 0.717) is 22.6 Å². The average Bonchev–Trinajstić information content (AvgIpc) is 3.03. The first-order valence-electron chi connectivity index (χ1n) is 8.89. The Balaban J connectivity index is 1.61. The fraction of sp³-hybridized carbons (Fsp3) is 0.238. The molecule has 1 aliphatic heterocycles. The molecule has 1 fully saturated rings. The molecule has 7 nitrogen and oxygen atoms in total. The summed E-state index contributed by atoms with van der Waals surface area (Å²) in [5.41, 5.74) is 1.25. The molecule has 2 aromatic rings. The van der Waals surface area contributed by atoms with Gasteiger partial charge in [0.15, 0.2) is 0 Å². The number of carbonyl (C=O) groups is 3. The summed E-state index contributed by atoms with van der Waals surface area (Å²) in [5, 5.41) is 11.6. The quantitative estimate of drug-likeness (QED) is 0.576. The predicted molar refractivity (Wildman–Crippen MR) is 106 cm³/mol. The van der Waals surface area contributed by atoms with Crippen LogP contribution in [-0.2, 0) is 19.1 Å². The van der Waals surface area contributed by atoms with Crippen LogP contribution in [0.15, 0.2) is 53.4 Å². The van der Waals surface area contributed by atoms with Crippen LogP contribution in [0.2, 0.25) is 0 Å². The minimum absolute atomic E-state index is 0.0591. The van der Waals surface area contributed by atoms with Gasteiger partial charge >= 0.3 is 11.9 Å². The van der Waals surface area contributed by atoms with Crippen molar-refractivity contribution in [1.82, 2.24) is 0 Å². The number of anilines is 1. The first-order valence-corrected chi connectivity index (χ1v) is 9.88. The second-order valence-electron chi connectivity index (χ2n) is 6.40. The van der Waals surface area contributed by atoms with Crippen LogP contribution in [0, 0.1) is 11.3 Å². The molecular formula is C21H18N2O5S. The van der Waals surface area contributed by atoms with Crippen LogP contribution in [0.4, 0.5) is 5.69 Å². The molecule has 1 amide bonds. The van der Waals surface area contributed by atoms with Crippen LogP contribution in [0.3, 0.4) is 0 Å². The number of ether oxygens (including phenoxy) is 2. The Morgan fingerprint density at radius 1 is 1.28 bits per heavy atom. The zero-order chi connectivity index (χ0) is 20.8. The van der Waals surface area contributed by atoms with Gasteiger partial charge in [-0.15, -0.1) is 11.8 Å². The van der Waals surface area contributed by atoms with E-state index in [1.54, 1.807) is 55.5 Å². The summed E-state index contributed by atoms with van der Waals surface area (Å²) in [6.45, 7) is 1.74. The fourth-order valence-corrected chi connectivity index (χ4v) is 3.62. The van der Waals surface area contributed by atoms with Crippen molar-refractivity contribution >= 4 is 35.3 Å². The number of benzene rings is 2. The van der Waals surface area contributed by atoms with Crippen molar-refractivity contribution in [2.75, 3.05) is 11.1 Å². The van der Waals surface area contributed by atoms with Gasteiger partial charge in [-0.1, -0.05) is 18.2 Å². The van der Waals surface area contributed by atoms with Gasteiger partial charge in [-0.05, 0) is 37.3 Å². The Bertz CT molecular complexity index is 985. The molecule has 1 heterocycles. The summed E-state index contributed by atoms with van der Waals surface area (Å²) in [6.07, 6.45) is -0.872. The first-order chi connectivity index (χ1) is 14.0. The highest BCUT2D eigenvalue weighted by Gasteiger charge is 2.35. The van der Waals surface area contributed by atoms with E-state index in [1.165, 1.54) is 11.8 Å². The maximum Gasteiger partial charge on any atom is 0.347 e. The number of amides is 1. The maximum atomic E-state index is 12.5. The van der Waals surface area contributed by atoms with E-state index in [0.717, 1.165) is 0 Å². The minimum Gasteiger partial charge on any atom is -0.460 e. The van der Waals surface area contributed by atoms with Gasteiger partial charge in [-0.25, -0.2) is 9.59 Å². The number of esters is 2. The minimum atomic E-state index is -0.911. The number of carbonyl (C=O) groups excluding carboxylic acids is 3. The third-order valence-electron chi connectivity index (χ3n) is 4.12. The molecule has 2 atom stereocenters. The van der Waals surface area contributed by atoms with Gasteiger partial charge in [0, 0.05) is 17.0 Å². The molecule has 3 rings (SSSR count). The monoisotopic (exact) mass is 410 g/mol. The topological polar surface area (TPSA) is 105 Å². The lowest BCUT2D eigenvalue weighted by molar-refractivity contribution is -0.147. The summed E-state index contributed by atoms with van der Waals surface area (Å²) >= 11 is 1.18. The second kappa shape index (κ2) is 9.26. The summed E-state index contributed by atoms with van der Waals surface area (Å²) < 4.78 is 10.3.